The summed E-state index contributed by atoms with van der Waals surface area (Å²) in [6.45, 7) is 0. The molecule has 0 fully saturated rings. The molecule has 0 radical (unpaired) electrons. The Kier molecular flexibility index (Phi) is 4.47. The summed E-state index contributed by atoms with van der Waals surface area (Å²) >= 11 is 0. The first-order valence-corrected chi connectivity index (χ1v) is 7.35. The van der Waals surface area contributed by atoms with Gasteiger partial charge in [-0.1, -0.05) is 29.7 Å². The normalized spacial score (nSPS) is 11.2. The molecule has 3 aromatic rings. The quantitative estimate of drug-likeness (QED) is 0.740. The molecular weight excluding hydrogens is 331 g/mol. The van der Waals surface area contributed by atoms with Crippen molar-refractivity contribution in [3.8, 4) is 11.1 Å². The van der Waals surface area contributed by atoms with E-state index in [-0.39, 0.29) is 5.91 Å². The van der Waals surface area contributed by atoms with Crippen molar-refractivity contribution in [2.45, 2.75) is 6.18 Å². The van der Waals surface area contributed by atoms with Crippen LogP contribution in [-0.2, 0) is 6.18 Å². The Morgan fingerprint density at radius 3 is 2.36 bits per heavy atom. The fourth-order valence-electron chi connectivity index (χ4n) is 2.26. The molecule has 0 spiro atoms. The monoisotopic (exact) mass is 344 g/mol. The molecule has 7 heteroatoms. The second-order valence-corrected chi connectivity index (χ2v) is 5.24. The minimum atomic E-state index is -4.37. The average Bonchev–Trinajstić information content (AvgIpc) is 2.62. The van der Waals surface area contributed by atoms with Crippen molar-refractivity contribution in [3.05, 3.63) is 84.2 Å². The first kappa shape index (κ1) is 16.6. The van der Waals surface area contributed by atoms with Gasteiger partial charge in [0.1, 0.15) is 0 Å². The van der Waals surface area contributed by atoms with Gasteiger partial charge in [-0.25, -0.2) is 0 Å². The molecule has 0 aliphatic heterocycles. The fourth-order valence-corrected chi connectivity index (χ4v) is 2.26. The fraction of sp³-hybridized carbons (Fsp3) is 0.0556. The zero-order chi connectivity index (χ0) is 17.9. The van der Waals surface area contributed by atoms with Crippen LogP contribution in [0.1, 0.15) is 15.9 Å². The third-order valence-electron chi connectivity index (χ3n) is 3.50. The molecule has 1 aromatic heterocycles. The summed E-state index contributed by atoms with van der Waals surface area (Å²) in [7, 11) is 0. The molecule has 0 saturated heterocycles. The van der Waals surface area contributed by atoms with Crippen LogP contribution < -0.4 is 10.2 Å². The number of halogens is 3. The lowest BCUT2D eigenvalue weighted by atomic mass is 10.0. The number of carbonyl (C=O) groups excluding carboxylic acids is 1. The maximum absolute atomic E-state index is 12.6. The number of aromatic nitrogens is 2. The lowest BCUT2D eigenvalue weighted by molar-refractivity contribution is -0.702. The number of benzene rings is 2. The molecule has 0 unspecified atom stereocenters. The summed E-state index contributed by atoms with van der Waals surface area (Å²) in [5.74, 6) is -0.377. The third-order valence-corrected chi connectivity index (χ3v) is 3.50. The summed E-state index contributed by atoms with van der Waals surface area (Å²) in [6.07, 6.45) is -1.27. The van der Waals surface area contributed by atoms with Gasteiger partial charge in [-0.2, -0.15) is 13.2 Å². The highest BCUT2D eigenvalue weighted by atomic mass is 19.4. The van der Waals surface area contributed by atoms with Gasteiger partial charge in [-0.3, -0.25) is 4.79 Å². The van der Waals surface area contributed by atoms with Crippen LogP contribution in [0.3, 0.4) is 0 Å². The van der Waals surface area contributed by atoms with Crippen LogP contribution in [-0.4, -0.2) is 11.0 Å². The van der Waals surface area contributed by atoms with Crippen LogP contribution in [0, 0.1) is 0 Å². The molecule has 3 rings (SSSR count). The van der Waals surface area contributed by atoms with Crippen molar-refractivity contribution in [1.29, 1.82) is 0 Å². The molecule has 1 N–H and O–H groups in total. The standard InChI is InChI=1S/C18H12F3N3O/c19-18(20,21)16-8-6-13(7-9-16)14-4-3-5-15(12-14)17(25)23-24-11-2-1-10-22-24/h1-12H/p+1. The molecule has 4 nitrogen and oxygen atoms in total. The predicted molar refractivity (Wildman–Crippen MR) is 85.0 cm³/mol. The Morgan fingerprint density at radius 1 is 0.960 bits per heavy atom. The van der Waals surface area contributed by atoms with Gasteiger partial charge >= 0.3 is 12.1 Å². The van der Waals surface area contributed by atoms with E-state index in [2.05, 4.69) is 10.5 Å². The van der Waals surface area contributed by atoms with Gasteiger partial charge in [-0.15, -0.1) is 0 Å². The second-order valence-electron chi connectivity index (χ2n) is 5.24. The van der Waals surface area contributed by atoms with Crippen molar-refractivity contribution in [3.63, 3.8) is 0 Å². The van der Waals surface area contributed by atoms with E-state index in [9.17, 15) is 18.0 Å². The number of hydrogen-bond acceptors (Lipinski definition) is 2. The minimum absolute atomic E-state index is 0.371. The summed E-state index contributed by atoms with van der Waals surface area (Å²) in [5.41, 5.74) is 3.48. The molecule has 0 saturated carbocycles. The summed E-state index contributed by atoms with van der Waals surface area (Å²) in [4.78, 5) is 13.5. The molecular formula is C18H13F3N3O+. The highest BCUT2D eigenvalue weighted by Crippen LogP contribution is 2.31. The summed E-state index contributed by atoms with van der Waals surface area (Å²) < 4.78 is 37.9. The Morgan fingerprint density at radius 2 is 1.72 bits per heavy atom. The van der Waals surface area contributed by atoms with Gasteiger partial charge in [0.2, 0.25) is 6.20 Å². The number of hydrogen-bond donors (Lipinski definition) is 1. The third kappa shape index (κ3) is 4.00. The zero-order valence-electron chi connectivity index (χ0n) is 12.9. The Hall–Kier alpha value is -3.22. The largest absolute Gasteiger partial charge is 0.416 e. The van der Waals surface area contributed by atoms with E-state index in [1.807, 2.05) is 0 Å². The molecule has 0 bridgehead atoms. The smallest absolute Gasteiger partial charge is 0.263 e. The first-order valence-electron chi connectivity index (χ1n) is 7.35. The number of nitrogens with zero attached hydrogens (tertiary/aromatic N) is 2. The van der Waals surface area contributed by atoms with Crippen LogP contribution in [0.5, 0.6) is 0 Å². The molecule has 2 aromatic carbocycles. The van der Waals surface area contributed by atoms with Gasteiger partial charge < -0.3 is 0 Å². The predicted octanol–water partition coefficient (Wildman–Crippen LogP) is 3.44. The van der Waals surface area contributed by atoms with E-state index in [0.717, 1.165) is 12.1 Å². The van der Waals surface area contributed by atoms with Crippen LogP contribution in [0.4, 0.5) is 13.2 Å². The van der Waals surface area contributed by atoms with E-state index in [1.165, 1.54) is 23.1 Å². The number of amides is 1. The lowest BCUT2D eigenvalue weighted by Gasteiger charge is -2.08. The Labute approximate surface area is 141 Å². The molecule has 0 atom stereocenters. The van der Waals surface area contributed by atoms with Gasteiger partial charge in [0.15, 0.2) is 0 Å². The molecule has 126 valence electrons. The molecule has 0 aliphatic carbocycles. The van der Waals surface area contributed by atoms with Gasteiger partial charge in [-0.05, 0) is 41.5 Å². The van der Waals surface area contributed by atoms with Gasteiger partial charge in [0.25, 0.3) is 0 Å². The van der Waals surface area contributed by atoms with Crippen molar-refractivity contribution in [2.75, 3.05) is 5.43 Å². The van der Waals surface area contributed by atoms with E-state index in [1.54, 1.807) is 42.6 Å². The minimum Gasteiger partial charge on any atom is -0.263 e. The maximum atomic E-state index is 12.6. The van der Waals surface area contributed by atoms with E-state index >= 15 is 0 Å². The van der Waals surface area contributed by atoms with E-state index < -0.39 is 11.7 Å². The zero-order valence-corrected chi connectivity index (χ0v) is 12.9. The molecule has 1 heterocycles. The summed E-state index contributed by atoms with van der Waals surface area (Å²) in [6, 6.07) is 14.9. The maximum Gasteiger partial charge on any atom is 0.416 e. The van der Waals surface area contributed by atoms with Crippen molar-refractivity contribution in [2.24, 2.45) is 0 Å². The average molecular weight is 344 g/mol. The van der Waals surface area contributed by atoms with Crippen LogP contribution in [0.2, 0.25) is 0 Å². The van der Waals surface area contributed by atoms with Crippen molar-refractivity contribution in [1.82, 2.24) is 5.10 Å². The molecule has 25 heavy (non-hydrogen) atoms. The highest BCUT2D eigenvalue weighted by Gasteiger charge is 2.29. The van der Waals surface area contributed by atoms with Crippen molar-refractivity contribution < 1.29 is 22.8 Å². The lowest BCUT2D eigenvalue weighted by Crippen LogP contribution is -2.50. The SMILES string of the molecule is O=C(N[n+]1ccccn1)c1cccc(-c2ccc(C(F)(F)F)cc2)c1. The number of nitrogens with one attached hydrogen (secondary N) is 1. The van der Waals surface area contributed by atoms with Crippen LogP contribution in [0.25, 0.3) is 11.1 Å². The van der Waals surface area contributed by atoms with Crippen molar-refractivity contribution >= 4 is 5.91 Å². The van der Waals surface area contributed by atoms with Gasteiger partial charge in [0, 0.05) is 21.5 Å². The molecule has 0 aliphatic rings. The summed E-state index contributed by atoms with van der Waals surface area (Å²) in [5, 5.41) is 3.94. The Bertz CT molecular complexity index is 878. The highest BCUT2D eigenvalue weighted by molar-refractivity contribution is 5.99. The Balaban J connectivity index is 1.83. The molecule has 1 amide bonds. The van der Waals surface area contributed by atoms with Crippen LogP contribution >= 0.6 is 0 Å². The van der Waals surface area contributed by atoms with E-state index in [0.29, 0.717) is 16.7 Å². The topological polar surface area (TPSA) is 45.9 Å². The second kappa shape index (κ2) is 6.72. The van der Waals surface area contributed by atoms with Crippen LogP contribution in [0.15, 0.2) is 73.1 Å². The number of alkyl halides is 3. The van der Waals surface area contributed by atoms with Gasteiger partial charge in [0.05, 0.1) is 11.8 Å². The number of rotatable bonds is 3. The first-order chi connectivity index (χ1) is 11.9. The van der Waals surface area contributed by atoms with E-state index in [4.69, 9.17) is 0 Å². The number of carbonyl (C=O) groups is 1.